The summed E-state index contributed by atoms with van der Waals surface area (Å²) in [7, 11) is 0. The third-order valence-electron chi connectivity index (χ3n) is 3.49. The molecule has 0 aromatic heterocycles. The summed E-state index contributed by atoms with van der Waals surface area (Å²) in [6, 6.07) is 9.93. The van der Waals surface area contributed by atoms with Gasteiger partial charge in [-0.2, -0.15) is 0 Å². The zero-order valence-electron chi connectivity index (χ0n) is 14.4. The maximum absolute atomic E-state index is 12.9. The van der Waals surface area contributed by atoms with Crippen LogP contribution in [0, 0.1) is 5.82 Å². The van der Waals surface area contributed by atoms with Crippen LogP contribution in [0.25, 0.3) is 0 Å². The predicted molar refractivity (Wildman–Crippen MR) is 97.1 cm³/mol. The molecule has 1 atom stereocenters. The molecule has 0 unspecified atom stereocenters. The number of carbonyl (C=O) groups excluding carboxylic acids is 2. The van der Waals surface area contributed by atoms with E-state index >= 15 is 0 Å². The van der Waals surface area contributed by atoms with Gasteiger partial charge in [-0.1, -0.05) is 18.5 Å². The minimum Gasteiger partial charge on any atom is -0.481 e. The Labute approximate surface area is 156 Å². The summed E-state index contributed by atoms with van der Waals surface area (Å²) in [5.74, 6) is -0.895. The van der Waals surface area contributed by atoms with E-state index in [0.29, 0.717) is 17.9 Å². The van der Waals surface area contributed by atoms with Gasteiger partial charge in [0.15, 0.2) is 6.10 Å². The van der Waals surface area contributed by atoms with Crippen molar-refractivity contribution in [3.8, 4) is 5.75 Å². The second-order valence-corrected chi connectivity index (χ2v) is 5.78. The first-order chi connectivity index (χ1) is 12.4. The summed E-state index contributed by atoms with van der Waals surface area (Å²) in [6.45, 7) is 3.74. The first kappa shape index (κ1) is 19.7. The number of amides is 1. The summed E-state index contributed by atoms with van der Waals surface area (Å²) >= 11 is 6.08. The monoisotopic (exact) mass is 379 g/mol. The largest absolute Gasteiger partial charge is 0.481 e. The Bertz CT molecular complexity index is 780. The van der Waals surface area contributed by atoms with E-state index in [1.54, 1.807) is 19.9 Å². The van der Waals surface area contributed by atoms with Crippen LogP contribution >= 0.6 is 11.6 Å². The highest BCUT2D eigenvalue weighted by Crippen LogP contribution is 2.23. The van der Waals surface area contributed by atoms with E-state index in [1.165, 1.54) is 36.4 Å². The van der Waals surface area contributed by atoms with Gasteiger partial charge < -0.3 is 14.8 Å². The average Bonchev–Trinajstić information content (AvgIpc) is 2.61. The van der Waals surface area contributed by atoms with Gasteiger partial charge in [0, 0.05) is 5.69 Å². The van der Waals surface area contributed by atoms with Crippen molar-refractivity contribution in [3.63, 3.8) is 0 Å². The lowest BCUT2D eigenvalue weighted by Gasteiger charge is -2.17. The number of hydrogen-bond acceptors (Lipinski definition) is 4. The van der Waals surface area contributed by atoms with Gasteiger partial charge in [0.1, 0.15) is 11.6 Å². The second kappa shape index (κ2) is 9.20. The normalized spacial score (nSPS) is 11.5. The molecule has 0 aliphatic rings. The van der Waals surface area contributed by atoms with Gasteiger partial charge in [-0.15, -0.1) is 0 Å². The summed E-state index contributed by atoms with van der Waals surface area (Å²) in [5, 5.41) is 2.86. The highest BCUT2D eigenvalue weighted by Gasteiger charge is 2.19. The van der Waals surface area contributed by atoms with Crippen LogP contribution in [-0.2, 0) is 9.53 Å². The van der Waals surface area contributed by atoms with Crippen molar-refractivity contribution in [3.05, 3.63) is 58.9 Å². The standard InChI is InChI=1S/C19H19ClFNO4/c1-3-17(26-14-8-5-12(21)6-9-14)18(23)22-13-7-10-15(16(20)11-13)19(24)25-4-2/h5-11,17H,3-4H2,1-2H3,(H,22,23)/t17-/m1/s1. The number of anilines is 1. The molecule has 1 N–H and O–H groups in total. The van der Waals surface area contributed by atoms with Crippen LogP contribution in [0.5, 0.6) is 5.75 Å². The van der Waals surface area contributed by atoms with Crippen LogP contribution in [0.1, 0.15) is 30.6 Å². The topological polar surface area (TPSA) is 64.6 Å². The van der Waals surface area contributed by atoms with Gasteiger partial charge in [0.2, 0.25) is 0 Å². The maximum Gasteiger partial charge on any atom is 0.339 e. The Kier molecular flexibility index (Phi) is 6.97. The van der Waals surface area contributed by atoms with Crippen molar-refractivity contribution in [2.45, 2.75) is 26.4 Å². The minimum absolute atomic E-state index is 0.175. The number of hydrogen-bond donors (Lipinski definition) is 1. The second-order valence-electron chi connectivity index (χ2n) is 5.37. The van der Waals surface area contributed by atoms with Crippen LogP contribution in [0.15, 0.2) is 42.5 Å². The number of halogens is 2. The first-order valence-corrected chi connectivity index (χ1v) is 8.52. The van der Waals surface area contributed by atoms with Gasteiger partial charge in [0.05, 0.1) is 17.2 Å². The van der Waals surface area contributed by atoms with Gasteiger partial charge in [-0.25, -0.2) is 9.18 Å². The van der Waals surface area contributed by atoms with E-state index in [9.17, 15) is 14.0 Å². The van der Waals surface area contributed by atoms with Gasteiger partial charge in [-0.05, 0) is 55.8 Å². The number of benzene rings is 2. The number of ether oxygens (including phenoxy) is 2. The molecule has 26 heavy (non-hydrogen) atoms. The van der Waals surface area contributed by atoms with Crippen molar-refractivity contribution in [1.29, 1.82) is 0 Å². The summed E-state index contributed by atoms with van der Waals surface area (Å²) in [4.78, 5) is 24.1. The smallest absolute Gasteiger partial charge is 0.339 e. The molecule has 7 heteroatoms. The first-order valence-electron chi connectivity index (χ1n) is 8.14. The molecule has 0 fully saturated rings. The SMILES string of the molecule is CCOC(=O)c1ccc(NC(=O)[C@@H](CC)Oc2ccc(F)cc2)cc1Cl. The predicted octanol–water partition coefficient (Wildman–Crippen LogP) is 4.45. The van der Waals surface area contributed by atoms with Gasteiger partial charge >= 0.3 is 5.97 Å². The molecule has 0 saturated heterocycles. The van der Waals surface area contributed by atoms with Crippen molar-refractivity contribution in [1.82, 2.24) is 0 Å². The van der Waals surface area contributed by atoms with Crippen LogP contribution < -0.4 is 10.1 Å². The third-order valence-corrected chi connectivity index (χ3v) is 3.80. The molecule has 138 valence electrons. The highest BCUT2D eigenvalue weighted by molar-refractivity contribution is 6.34. The van der Waals surface area contributed by atoms with E-state index in [1.807, 2.05) is 0 Å². The quantitative estimate of drug-likeness (QED) is 0.722. The van der Waals surface area contributed by atoms with E-state index in [2.05, 4.69) is 5.32 Å². The minimum atomic E-state index is -0.760. The maximum atomic E-state index is 12.9. The molecule has 0 aliphatic carbocycles. The molecule has 1 amide bonds. The Morgan fingerprint density at radius 3 is 2.42 bits per heavy atom. The molecule has 0 saturated carbocycles. The third kappa shape index (κ3) is 5.20. The van der Waals surface area contributed by atoms with Crippen LogP contribution in [0.4, 0.5) is 10.1 Å². The molecule has 0 heterocycles. The zero-order valence-corrected chi connectivity index (χ0v) is 15.2. The summed E-state index contributed by atoms with van der Waals surface area (Å²) in [5.41, 5.74) is 0.648. The molecule has 0 spiro atoms. The Morgan fingerprint density at radius 1 is 1.15 bits per heavy atom. The fourth-order valence-corrected chi connectivity index (χ4v) is 2.45. The number of carbonyl (C=O) groups is 2. The van der Waals surface area contributed by atoms with E-state index in [0.717, 1.165) is 0 Å². The molecule has 2 rings (SSSR count). The van der Waals surface area contributed by atoms with Crippen LogP contribution in [-0.4, -0.2) is 24.6 Å². The number of rotatable bonds is 7. The lowest BCUT2D eigenvalue weighted by molar-refractivity contribution is -0.122. The lowest BCUT2D eigenvalue weighted by atomic mass is 10.2. The van der Waals surface area contributed by atoms with Crippen LogP contribution in [0.3, 0.4) is 0 Å². The fourth-order valence-electron chi connectivity index (χ4n) is 2.19. The molecule has 2 aromatic rings. The van der Waals surface area contributed by atoms with Crippen molar-refractivity contribution >= 4 is 29.2 Å². The zero-order chi connectivity index (χ0) is 19.1. The van der Waals surface area contributed by atoms with E-state index < -0.39 is 12.1 Å². The van der Waals surface area contributed by atoms with E-state index in [-0.39, 0.29) is 28.9 Å². The molecule has 0 bridgehead atoms. The van der Waals surface area contributed by atoms with Gasteiger partial charge in [-0.3, -0.25) is 4.79 Å². The Hall–Kier alpha value is -2.60. The molecule has 5 nitrogen and oxygen atoms in total. The molecular weight excluding hydrogens is 361 g/mol. The molecule has 0 aliphatic heterocycles. The number of nitrogens with one attached hydrogen (secondary N) is 1. The van der Waals surface area contributed by atoms with Crippen molar-refractivity contribution < 1.29 is 23.5 Å². The highest BCUT2D eigenvalue weighted by atomic mass is 35.5. The summed E-state index contributed by atoms with van der Waals surface area (Å²) in [6.07, 6.45) is -0.346. The fraction of sp³-hybridized carbons (Fsp3) is 0.263. The Morgan fingerprint density at radius 2 is 1.85 bits per heavy atom. The van der Waals surface area contributed by atoms with Gasteiger partial charge in [0.25, 0.3) is 5.91 Å². The van der Waals surface area contributed by atoms with Crippen LogP contribution in [0.2, 0.25) is 5.02 Å². The molecular formula is C19H19ClFNO4. The van der Waals surface area contributed by atoms with Crippen molar-refractivity contribution in [2.24, 2.45) is 0 Å². The average molecular weight is 380 g/mol. The Balaban J connectivity index is 2.06. The number of esters is 1. The molecule has 2 aromatic carbocycles. The van der Waals surface area contributed by atoms with E-state index in [4.69, 9.17) is 21.1 Å². The lowest BCUT2D eigenvalue weighted by Crippen LogP contribution is -2.32. The molecule has 0 radical (unpaired) electrons. The van der Waals surface area contributed by atoms with Crippen molar-refractivity contribution in [2.75, 3.05) is 11.9 Å². The summed E-state index contributed by atoms with van der Waals surface area (Å²) < 4.78 is 23.4.